The minimum absolute atomic E-state index is 0.0750. The van der Waals surface area contributed by atoms with Crippen LogP contribution < -0.4 is 4.90 Å². The van der Waals surface area contributed by atoms with Crippen LogP contribution >= 0.6 is 23.4 Å². The van der Waals surface area contributed by atoms with Crippen LogP contribution in [0.3, 0.4) is 0 Å². The van der Waals surface area contributed by atoms with Crippen LogP contribution in [0.4, 0.5) is 18.9 Å². The topological polar surface area (TPSA) is 41.4 Å². The molecule has 26 heavy (non-hydrogen) atoms. The van der Waals surface area contributed by atoms with Crippen LogP contribution in [0.25, 0.3) is 5.70 Å². The first kappa shape index (κ1) is 20.7. The number of carbonyl (C=O) groups is 1. The average Bonchev–Trinajstić information content (AvgIpc) is 2.94. The molecule has 1 aliphatic heterocycles. The zero-order chi connectivity index (χ0) is 19.5. The number of anilines is 1. The lowest BCUT2D eigenvalue weighted by Gasteiger charge is -2.23. The van der Waals surface area contributed by atoms with Crippen LogP contribution in [0.2, 0.25) is 5.15 Å². The summed E-state index contributed by atoms with van der Waals surface area (Å²) in [7, 11) is 1.90. The van der Waals surface area contributed by atoms with E-state index in [1.807, 2.05) is 30.3 Å². The van der Waals surface area contributed by atoms with Gasteiger partial charge in [0.1, 0.15) is 10.9 Å². The van der Waals surface area contributed by atoms with Crippen molar-refractivity contribution in [3.63, 3.8) is 0 Å². The van der Waals surface area contributed by atoms with Gasteiger partial charge in [-0.2, -0.15) is 30.0 Å². The highest BCUT2D eigenvalue weighted by Gasteiger charge is 2.41. The lowest BCUT2D eigenvalue weighted by atomic mass is 10.2. The molecule has 5 nitrogen and oxygen atoms in total. The van der Waals surface area contributed by atoms with Crippen LogP contribution in [0.5, 0.6) is 0 Å². The second-order valence-electron chi connectivity index (χ2n) is 5.77. The summed E-state index contributed by atoms with van der Waals surface area (Å²) in [5.41, 5.74) is 1.14. The molecule has 0 fully saturated rings. The van der Waals surface area contributed by atoms with Crippen LogP contribution in [0.15, 0.2) is 24.5 Å². The second kappa shape index (κ2) is 8.39. The molecule has 1 aromatic rings. The Morgan fingerprint density at radius 3 is 2.73 bits per heavy atom. The lowest BCUT2D eigenvalue weighted by molar-refractivity contribution is -0.138. The van der Waals surface area contributed by atoms with Crippen molar-refractivity contribution in [3.05, 3.63) is 29.7 Å². The molecule has 0 saturated carbocycles. The number of hydrogen-bond donors (Lipinski definition) is 0. The van der Waals surface area contributed by atoms with E-state index in [9.17, 15) is 18.0 Å². The summed E-state index contributed by atoms with van der Waals surface area (Å²) in [5, 5.41) is 2.52. The Hall–Kier alpha value is -1.61. The first-order valence-corrected chi connectivity index (χ1v) is 9.57. The van der Waals surface area contributed by atoms with E-state index in [4.69, 9.17) is 11.6 Å². The first-order chi connectivity index (χ1) is 12.2. The summed E-state index contributed by atoms with van der Waals surface area (Å²) in [4.78, 5) is 15.6. The van der Waals surface area contributed by atoms with Crippen LogP contribution in [-0.4, -0.2) is 58.4 Å². The fourth-order valence-electron chi connectivity index (χ4n) is 2.57. The highest BCUT2D eigenvalue weighted by atomic mass is 35.5. The van der Waals surface area contributed by atoms with E-state index in [-0.39, 0.29) is 11.7 Å². The quantitative estimate of drug-likeness (QED) is 0.716. The third kappa shape index (κ3) is 4.76. The molecule has 1 amide bonds. The standard InChI is InChI=1S/C16H20ClF3N4OS/c1-4-23(14(25)8-13(26-3)16(18,19)20)12-10-24(21-15(12)17)11-6-5-7-22(2)9-11/h5-7,10,13H,4,8-9H2,1-3H3. The van der Waals surface area contributed by atoms with E-state index in [1.54, 1.807) is 17.8 Å². The summed E-state index contributed by atoms with van der Waals surface area (Å²) in [6.07, 6.45) is 3.44. The van der Waals surface area contributed by atoms with E-state index < -0.39 is 23.8 Å². The molecule has 0 aromatic carbocycles. The summed E-state index contributed by atoms with van der Waals surface area (Å²) in [6, 6.07) is 0. The number of rotatable bonds is 6. The van der Waals surface area contributed by atoms with Crippen LogP contribution in [0.1, 0.15) is 13.3 Å². The highest BCUT2D eigenvalue weighted by Crippen LogP contribution is 2.33. The molecule has 0 spiro atoms. The largest absolute Gasteiger partial charge is 0.401 e. The normalized spacial score (nSPS) is 15.8. The fraction of sp³-hybridized carbons (Fsp3) is 0.500. The van der Waals surface area contributed by atoms with Gasteiger partial charge >= 0.3 is 6.18 Å². The van der Waals surface area contributed by atoms with Crippen molar-refractivity contribution >= 4 is 40.7 Å². The molecule has 0 saturated heterocycles. The molecule has 144 valence electrons. The van der Waals surface area contributed by atoms with Gasteiger partial charge in [-0.1, -0.05) is 11.6 Å². The smallest absolute Gasteiger partial charge is 0.375 e. The zero-order valence-electron chi connectivity index (χ0n) is 14.6. The van der Waals surface area contributed by atoms with Crippen LogP contribution in [-0.2, 0) is 4.79 Å². The van der Waals surface area contributed by atoms with Gasteiger partial charge in [-0.05, 0) is 31.5 Å². The summed E-state index contributed by atoms with van der Waals surface area (Å²) in [5.74, 6) is -0.639. The van der Waals surface area contributed by atoms with Crippen molar-refractivity contribution in [1.29, 1.82) is 0 Å². The first-order valence-electron chi connectivity index (χ1n) is 7.90. The maximum absolute atomic E-state index is 13.0. The number of hydrogen-bond acceptors (Lipinski definition) is 4. The van der Waals surface area contributed by atoms with Gasteiger partial charge < -0.3 is 9.80 Å². The molecule has 0 aliphatic carbocycles. The minimum Gasteiger partial charge on any atom is -0.375 e. The third-order valence-corrected chi connectivity index (χ3v) is 5.18. The minimum atomic E-state index is -4.44. The Balaban J connectivity index is 2.23. The van der Waals surface area contributed by atoms with E-state index >= 15 is 0 Å². The Morgan fingerprint density at radius 1 is 1.50 bits per heavy atom. The number of alkyl halides is 3. The van der Waals surface area contributed by atoms with E-state index in [1.165, 1.54) is 11.2 Å². The van der Waals surface area contributed by atoms with E-state index in [2.05, 4.69) is 5.10 Å². The fourth-order valence-corrected chi connectivity index (χ4v) is 3.37. The molecule has 0 N–H and O–H groups in total. The SMILES string of the molecule is CCN(C(=O)CC(SC)C(F)(F)F)c1cn(C2=CC=CN(C)C2)nc1Cl. The molecule has 1 atom stereocenters. The Bertz CT molecular complexity index is 717. The van der Waals surface area contributed by atoms with Crippen molar-refractivity contribution in [1.82, 2.24) is 14.7 Å². The Morgan fingerprint density at radius 2 is 2.19 bits per heavy atom. The number of nitrogens with zero attached hydrogens (tertiary/aromatic N) is 4. The second-order valence-corrected chi connectivity index (χ2v) is 7.17. The maximum atomic E-state index is 13.0. The van der Waals surface area contributed by atoms with Gasteiger partial charge in [0, 0.05) is 20.0 Å². The number of halogens is 4. The molecular weight excluding hydrogens is 389 g/mol. The van der Waals surface area contributed by atoms with Crippen molar-refractivity contribution in [2.24, 2.45) is 0 Å². The Labute approximate surface area is 159 Å². The summed E-state index contributed by atoms with van der Waals surface area (Å²) >= 11 is 6.78. The van der Waals surface area contributed by atoms with Gasteiger partial charge in [-0.25, -0.2) is 4.68 Å². The molecule has 1 aliphatic rings. The van der Waals surface area contributed by atoms with Crippen molar-refractivity contribution in [2.45, 2.75) is 24.8 Å². The van der Waals surface area contributed by atoms with Crippen molar-refractivity contribution in [3.8, 4) is 0 Å². The van der Waals surface area contributed by atoms with Gasteiger partial charge in [0.15, 0.2) is 5.15 Å². The molecule has 2 rings (SSSR count). The Kier molecular flexibility index (Phi) is 6.68. The number of carbonyl (C=O) groups excluding carboxylic acids is 1. The van der Waals surface area contributed by atoms with Crippen LogP contribution in [0, 0.1) is 0 Å². The number of thioether (sulfide) groups is 1. The van der Waals surface area contributed by atoms with Gasteiger partial charge in [0.25, 0.3) is 0 Å². The van der Waals surface area contributed by atoms with Gasteiger partial charge in [0.05, 0.1) is 18.4 Å². The average molecular weight is 409 g/mol. The number of likely N-dealkylation sites (N-methyl/N-ethyl adjacent to an activating group) is 1. The number of amides is 1. The predicted octanol–water partition coefficient (Wildman–Crippen LogP) is 3.87. The monoisotopic (exact) mass is 408 g/mol. The van der Waals surface area contributed by atoms with Crippen molar-refractivity contribution < 1.29 is 18.0 Å². The van der Waals surface area contributed by atoms with E-state index in [0.29, 0.717) is 24.0 Å². The number of allylic oxidation sites excluding steroid dienone is 2. The number of aromatic nitrogens is 2. The van der Waals surface area contributed by atoms with E-state index in [0.717, 1.165) is 5.70 Å². The third-order valence-electron chi connectivity index (χ3n) is 3.90. The summed E-state index contributed by atoms with van der Waals surface area (Å²) in [6.45, 7) is 2.47. The zero-order valence-corrected chi connectivity index (χ0v) is 16.2. The molecule has 10 heteroatoms. The predicted molar refractivity (Wildman–Crippen MR) is 99.3 cm³/mol. The molecule has 1 aromatic heterocycles. The molecule has 0 bridgehead atoms. The molecule has 2 heterocycles. The van der Waals surface area contributed by atoms with Gasteiger partial charge in [-0.15, -0.1) is 0 Å². The summed E-state index contributed by atoms with van der Waals surface area (Å²) < 4.78 is 40.4. The van der Waals surface area contributed by atoms with Crippen molar-refractivity contribution in [2.75, 3.05) is 31.3 Å². The molecule has 1 unspecified atom stereocenters. The molecule has 0 radical (unpaired) electrons. The van der Waals surface area contributed by atoms with Gasteiger partial charge in [0.2, 0.25) is 5.91 Å². The highest BCUT2D eigenvalue weighted by molar-refractivity contribution is 7.99. The lowest BCUT2D eigenvalue weighted by Crippen LogP contribution is -2.37. The maximum Gasteiger partial charge on any atom is 0.401 e. The molecular formula is C16H20ClF3N4OS. The van der Waals surface area contributed by atoms with Gasteiger partial charge in [-0.3, -0.25) is 4.79 Å².